The van der Waals surface area contributed by atoms with E-state index in [0.717, 1.165) is 35.8 Å². The van der Waals surface area contributed by atoms with Crippen LogP contribution in [0.15, 0.2) is 107 Å². The summed E-state index contributed by atoms with van der Waals surface area (Å²) in [6.45, 7) is 10.5. The molecule has 0 radical (unpaired) electrons. The number of carbonyl (C=O) groups is 1. The SMILES string of the molecule is C=C(C=CC=C(CO)C1CCC23C4C(=C(C)C=O)C(C=CC4(CCO)C=CC12O)CC3(O)CCNC)C1CC=C(C)C(O)NC(C)Cc2cccc(c2)C1. The summed E-state index contributed by atoms with van der Waals surface area (Å²) in [6.07, 6.45) is 20.7. The van der Waals surface area contributed by atoms with E-state index in [9.17, 15) is 30.3 Å². The van der Waals surface area contributed by atoms with Gasteiger partial charge in [0.2, 0.25) is 0 Å². The number of fused-ring (bicyclic) bond motifs is 3. The van der Waals surface area contributed by atoms with Crippen LogP contribution >= 0.6 is 0 Å². The van der Waals surface area contributed by atoms with Gasteiger partial charge >= 0.3 is 0 Å². The molecule has 5 aliphatic rings. The highest BCUT2D eigenvalue weighted by Gasteiger charge is 2.77. The van der Waals surface area contributed by atoms with Gasteiger partial charge in [-0.05, 0) is 119 Å². The Kier molecular flexibility index (Phi) is 12.1. The van der Waals surface area contributed by atoms with Crippen molar-refractivity contribution >= 4 is 6.29 Å². The summed E-state index contributed by atoms with van der Waals surface area (Å²) in [7, 11) is 1.86. The van der Waals surface area contributed by atoms with Gasteiger partial charge in [0.1, 0.15) is 12.5 Å². The van der Waals surface area contributed by atoms with Crippen LogP contribution in [0.2, 0.25) is 0 Å². The Morgan fingerprint density at radius 3 is 2.57 bits per heavy atom. The van der Waals surface area contributed by atoms with Crippen LogP contribution in [0, 0.1) is 34.5 Å². The lowest BCUT2D eigenvalue weighted by Gasteiger charge is -2.68. The zero-order valence-electron chi connectivity index (χ0n) is 32.6. The quantitative estimate of drug-likeness (QED) is 0.0712. The topological polar surface area (TPSA) is 142 Å². The van der Waals surface area contributed by atoms with Gasteiger partial charge in [0.25, 0.3) is 0 Å². The first-order valence-corrected chi connectivity index (χ1v) is 19.9. The minimum atomic E-state index is -1.53. The smallest absolute Gasteiger partial charge is 0.145 e. The molecule has 54 heavy (non-hydrogen) atoms. The lowest BCUT2D eigenvalue weighted by molar-refractivity contribution is -0.233. The second kappa shape index (κ2) is 16.1. The van der Waals surface area contributed by atoms with Gasteiger partial charge in [0.05, 0.1) is 17.8 Å². The molecular weight excluding hydrogens is 677 g/mol. The lowest BCUT2D eigenvalue weighted by atomic mass is 9.37. The average Bonchev–Trinajstić information content (AvgIpc) is 3.47. The van der Waals surface area contributed by atoms with E-state index in [1.165, 1.54) is 11.1 Å². The van der Waals surface area contributed by atoms with Crippen molar-refractivity contribution in [1.29, 1.82) is 0 Å². The molecule has 8 nitrogen and oxygen atoms in total. The molecule has 0 aromatic heterocycles. The van der Waals surface area contributed by atoms with Gasteiger partial charge in [0, 0.05) is 41.2 Å². The minimum absolute atomic E-state index is 0.0734. The normalized spacial score (nSPS) is 38.7. The molecule has 0 amide bonds. The van der Waals surface area contributed by atoms with Crippen molar-refractivity contribution < 1.29 is 30.3 Å². The Bertz CT molecular complexity index is 1770. The third-order valence-electron chi connectivity index (χ3n) is 13.8. The van der Waals surface area contributed by atoms with Crippen LogP contribution in [0.3, 0.4) is 0 Å². The number of carbonyl (C=O) groups excluding carboxylic acids is 1. The molecule has 10 atom stereocenters. The van der Waals surface area contributed by atoms with Gasteiger partial charge < -0.3 is 30.8 Å². The molecule has 0 saturated heterocycles. The van der Waals surface area contributed by atoms with Crippen molar-refractivity contribution in [3.8, 4) is 0 Å². The average molecular weight is 739 g/mol. The molecule has 292 valence electrons. The molecule has 4 bridgehead atoms. The third-order valence-corrected chi connectivity index (χ3v) is 13.8. The van der Waals surface area contributed by atoms with E-state index in [1.54, 1.807) is 0 Å². The summed E-state index contributed by atoms with van der Waals surface area (Å²) in [6, 6.07) is 8.73. The van der Waals surface area contributed by atoms with Crippen LogP contribution in [0.5, 0.6) is 0 Å². The number of allylic oxidation sites excluding steroid dienone is 10. The van der Waals surface area contributed by atoms with E-state index in [0.29, 0.717) is 56.2 Å². The van der Waals surface area contributed by atoms with Gasteiger partial charge in [-0.2, -0.15) is 0 Å². The van der Waals surface area contributed by atoms with Crippen LogP contribution in [0.1, 0.15) is 70.4 Å². The summed E-state index contributed by atoms with van der Waals surface area (Å²) in [4.78, 5) is 12.5. The van der Waals surface area contributed by atoms with Crippen LogP contribution < -0.4 is 10.6 Å². The van der Waals surface area contributed by atoms with Crippen molar-refractivity contribution in [3.05, 3.63) is 118 Å². The van der Waals surface area contributed by atoms with Gasteiger partial charge in [-0.3, -0.25) is 10.1 Å². The van der Waals surface area contributed by atoms with Crippen LogP contribution in [-0.4, -0.2) is 82.1 Å². The predicted molar refractivity (Wildman–Crippen MR) is 214 cm³/mol. The number of aliphatic hydroxyl groups excluding tert-OH is 3. The maximum atomic E-state index is 13.3. The predicted octanol–water partition coefficient (Wildman–Crippen LogP) is 5.19. The molecule has 1 aliphatic heterocycles. The Morgan fingerprint density at radius 2 is 1.87 bits per heavy atom. The monoisotopic (exact) mass is 738 g/mol. The molecule has 10 unspecified atom stereocenters. The molecule has 1 aromatic carbocycles. The van der Waals surface area contributed by atoms with E-state index < -0.39 is 40.1 Å². The molecular formula is C46H62N2O6. The maximum absolute atomic E-state index is 13.3. The van der Waals surface area contributed by atoms with E-state index >= 15 is 0 Å². The lowest BCUT2D eigenvalue weighted by Crippen LogP contribution is -2.72. The maximum Gasteiger partial charge on any atom is 0.145 e. The van der Waals surface area contributed by atoms with E-state index in [-0.39, 0.29) is 31.1 Å². The second-order valence-electron chi connectivity index (χ2n) is 17.0. The third kappa shape index (κ3) is 6.93. The molecule has 1 aromatic rings. The van der Waals surface area contributed by atoms with Gasteiger partial charge in [-0.25, -0.2) is 0 Å². The number of hydrogen-bond acceptors (Lipinski definition) is 8. The second-order valence-corrected chi connectivity index (χ2v) is 17.0. The van der Waals surface area contributed by atoms with Crippen LogP contribution in [-0.2, 0) is 17.6 Å². The first-order valence-electron chi connectivity index (χ1n) is 19.9. The molecule has 2 saturated carbocycles. The van der Waals surface area contributed by atoms with Gasteiger partial charge in [-0.15, -0.1) is 0 Å². The van der Waals surface area contributed by atoms with E-state index in [4.69, 9.17) is 0 Å². The first kappa shape index (κ1) is 40.5. The fourth-order valence-corrected chi connectivity index (χ4v) is 11.2. The van der Waals surface area contributed by atoms with Gasteiger partial charge in [0.15, 0.2) is 0 Å². The zero-order valence-corrected chi connectivity index (χ0v) is 32.6. The molecule has 4 aliphatic carbocycles. The summed E-state index contributed by atoms with van der Waals surface area (Å²) in [5, 5.41) is 64.9. The highest BCUT2D eigenvalue weighted by molar-refractivity contribution is 5.75. The molecule has 2 fully saturated rings. The van der Waals surface area contributed by atoms with E-state index in [1.807, 2.05) is 51.3 Å². The Morgan fingerprint density at radius 1 is 1.11 bits per heavy atom. The molecule has 6 rings (SSSR count). The zero-order chi connectivity index (χ0) is 38.9. The molecule has 7 N–H and O–H groups in total. The van der Waals surface area contributed by atoms with Crippen molar-refractivity contribution in [2.45, 2.75) is 95.6 Å². The van der Waals surface area contributed by atoms with Crippen molar-refractivity contribution in [2.75, 3.05) is 26.8 Å². The molecule has 1 heterocycles. The summed E-state index contributed by atoms with van der Waals surface area (Å²) in [5.41, 5.74) is 1.92. The largest absolute Gasteiger partial charge is 0.396 e. The van der Waals surface area contributed by atoms with E-state index in [2.05, 4.69) is 66.6 Å². The van der Waals surface area contributed by atoms with Crippen LogP contribution in [0.25, 0.3) is 0 Å². The fourth-order valence-electron chi connectivity index (χ4n) is 11.2. The molecule has 1 spiro atoms. The highest BCUT2D eigenvalue weighted by Crippen LogP contribution is 2.75. The number of aliphatic hydroxyl groups is 5. The van der Waals surface area contributed by atoms with Gasteiger partial charge in [-0.1, -0.05) is 90.6 Å². The fraction of sp³-hybridized carbons (Fsp3) is 0.543. The summed E-state index contributed by atoms with van der Waals surface area (Å²) in [5.74, 6) is -0.979. The summed E-state index contributed by atoms with van der Waals surface area (Å²) < 4.78 is 0. The van der Waals surface area contributed by atoms with Crippen molar-refractivity contribution in [2.24, 2.45) is 34.5 Å². The Hall–Kier alpha value is -3.21. The highest BCUT2D eigenvalue weighted by atomic mass is 16.3. The van der Waals surface area contributed by atoms with Crippen molar-refractivity contribution in [1.82, 2.24) is 10.6 Å². The number of nitrogens with one attached hydrogen (secondary N) is 2. The summed E-state index contributed by atoms with van der Waals surface area (Å²) >= 11 is 0. The number of benzene rings is 1. The van der Waals surface area contributed by atoms with Crippen molar-refractivity contribution in [3.63, 3.8) is 0 Å². The number of hydrogen-bond donors (Lipinski definition) is 7. The Labute approximate surface area is 321 Å². The number of aldehydes is 1. The first-order chi connectivity index (χ1) is 25.8. The molecule has 8 heteroatoms. The standard InChI is InChI=1S/C46H62N2O6/c1-30(36-13-12-31(2)42(52)48-33(4)24-34-9-7-10-35(25-34)26-36)8-6-11-38(29-51)39-15-17-45-41-40(32(3)28-50)37(27-44(45,53)20-22-47-5)14-16-43(41,21-23-49)18-19-46(39,45)54/h6-12,14,16,18-19,25,28,33,36-37,39,41-42,47-49,51-54H,1,13,15,17,20-24,26-27,29H2,2-5H3. The minimum Gasteiger partial charge on any atom is -0.396 e. The Balaban J connectivity index is 1.36. The van der Waals surface area contributed by atoms with Crippen LogP contribution in [0.4, 0.5) is 0 Å². The number of rotatable bonds is 11.